The van der Waals surface area contributed by atoms with E-state index in [1.807, 2.05) is 11.9 Å². The summed E-state index contributed by atoms with van der Waals surface area (Å²) in [6.45, 7) is 2.26. The normalized spacial score (nSPS) is 29.8. The SMILES string of the molecule is CCC1CCC(N(C)C=O)CC1. The Morgan fingerprint density at radius 2 is 1.92 bits per heavy atom. The highest BCUT2D eigenvalue weighted by Crippen LogP contribution is 2.28. The van der Waals surface area contributed by atoms with E-state index in [1.165, 1.54) is 32.1 Å². The molecule has 1 rings (SSSR count). The molecule has 0 bridgehead atoms. The average Bonchev–Trinajstić information content (AvgIpc) is 2.17. The number of hydrogen-bond acceptors (Lipinski definition) is 1. The van der Waals surface area contributed by atoms with Crippen molar-refractivity contribution in [3.05, 3.63) is 0 Å². The maximum Gasteiger partial charge on any atom is 0.209 e. The van der Waals surface area contributed by atoms with E-state index >= 15 is 0 Å². The third-order valence-electron chi connectivity index (χ3n) is 3.14. The van der Waals surface area contributed by atoms with Crippen LogP contribution < -0.4 is 0 Å². The highest BCUT2D eigenvalue weighted by molar-refractivity contribution is 5.47. The lowest BCUT2D eigenvalue weighted by molar-refractivity contribution is -0.119. The number of nitrogens with zero attached hydrogens (tertiary/aromatic N) is 1. The zero-order valence-corrected chi connectivity index (χ0v) is 8.12. The standard InChI is InChI=1S/C10H19NO/c1-3-9-4-6-10(7-5-9)11(2)8-12/h8-10H,3-7H2,1-2H3. The van der Waals surface area contributed by atoms with Gasteiger partial charge in [-0.15, -0.1) is 0 Å². The van der Waals surface area contributed by atoms with E-state index in [9.17, 15) is 4.79 Å². The fraction of sp³-hybridized carbons (Fsp3) is 0.900. The summed E-state index contributed by atoms with van der Waals surface area (Å²) in [5.74, 6) is 0.918. The molecule has 1 fully saturated rings. The van der Waals surface area contributed by atoms with E-state index in [-0.39, 0.29) is 0 Å². The van der Waals surface area contributed by atoms with Crippen LogP contribution in [0.1, 0.15) is 39.0 Å². The lowest BCUT2D eigenvalue weighted by atomic mass is 9.84. The fourth-order valence-electron chi connectivity index (χ4n) is 2.05. The lowest BCUT2D eigenvalue weighted by Crippen LogP contribution is -2.33. The molecular formula is C10H19NO. The van der Waals surface area contributed by atoms with Gasteiger partial charge in [0.25, 0.3) is 0 Å². The summed E-state index contributed by atoms with van der Waals surface area (Å²) in [6.07, 6.45) is 7.27. The highest BCUT2D eigenvalue weighted by atomic mass is 16.1. The van der Waals surface area contributed by atoms with Gasteiger partial charge < -0.3 is 4.90 Å². The van der Waals surface area contributed by atoms with Crippen LogP contribution in [0.15, 0.2) is 0 Å². The predicted octanol–water partition coefficient (Wildman–Crippen LogP) is 2.04. The van der Waals surface area contributed by atoms with Gasteiger partial charge in [-0.1, -0.05) is 13.3 Å². The van der Waals surface area contributed by atoms with Gasteiger partial charge in [-0.05, 0) is 31.6 Å². The Kier molecular flexibility index (Phi) is 3.57. The molecule has 0 aromatic rings. The van der Waals surface area contributed by atoms with Crippen LogP contribution in [0.2, 0.25) is 0 Å². The molecule has 70 valence electrons. The molecule has 0 aromatic carbocycles. The number of amides is 1. The lowest BCUT2D eigenvalue weighted by Gasteiger charge is -2.32. The second-order valence-corrected chi connectivity index (χ2v) is 3.85. The second-order valence-electron chi connectivity index (χ2n) is 3.85. The first-order chi connectivity index (χ1) is 5.77. The molecule has 2 heteroatoms. The van der Waals surface area contributed by atoms with Gasteiger partial charge in [0.1, 0.15) is 0 Å². The maximum absolute atomic E-state index is 10.5. The zero-order chi connectivity index (χ0) is 8.97. The monoisotopic (exact) mass is 169 g/mol. The average molecular weight is 169 g/mol. The summed E-state index contributed by atoms with van der Waals surface area (Å²) in [4.78, 5) is 12.3. The van der Waals surface area contributed by atoms with Crippen LogP contribution in [0.3, 0.4) is 0 Å². The van der Waals surface area contributed by atoms with Crippen LogP contribution in [0.4, 0.5) is 0 Å². The van der Waals surface area contributed by atoms with Crippen LogP contribution >= 0.6 is 0 Å². The molecule has 0 spiro atoms. The summed E-state index contributed by atoms with van der Waals surface area (Å²) in [6, 6.07) is 0.519. The Hall–Kier alpha value is -0.530. The first kappa shape index (κ1) is 9.56. The number of hydrogen-bond donors (Lipinski definition) is 0. The molecular weight excluding hydrogens is 150 g/mol. The molecule has 12 heavy (non-hydrogen) atoms. The topological polar surface area (TPSA) is 20.3 Å². The van der Waals surface area contributed by atoms with E-state index < -0.39 is 0 Å². The van der Waals surface area contributed by atoms with Gasteiger partial charge in [-0.25, -0.2) is 0 Å². The maximum atomic E-state index is 10.5. The molecule has 0 atom stereocenters. The molecule has 1 aliphatic carbocycles. The zero-order valence-electron chi connectivity index (χ0n) is 8.12. The summed E-state index contributed by atoms with van der Waals surface area (Å²) in [7, 11) is 1.89. The number of rotatable bonds is 3. The molecule has 0 heterocycles. The van der Waals surface area contributed by atoms with Crippen molar-refractivity contribution in [1.29, 1.82) is 0 Å². The van der Waals surface area contributed by atoms with Gasteiger partial charge in [-0.2, -0.15) is 0 Å². The predicted molar refractivity (Wildman–Crippen MR) is 49.9 cm³/mol. The summed E-state index contributed by atoms with van der Waals surface area (Å²) >= 11 is 0. The van der Waals surface area contributed by atoms with Gasteiger partial charge >= 0.3 is 0 Å². The highest BCUT2D eigenvalue weighted by Gasteiger charge is 2.21. The Morgan fingerprint density at radius 1 is 1.33 bits per heavy atom. The largest absolute Gasteiger partial charge is 0.345 e. The van der Waals surface area contributed by atoms with E-state index in [0.29, 0.717) is 6.04 Å². The summed E-state index contributed by atoms with van der Waals surface area (Å²) in [5.41, 5.74) is 0. The molecule has 0 N–H and O–H groups in total. The fourth-order valence-corrected chi connectivity index (χ4v) is 2.05. The quantitative estimate of drug-likeness (QED) is 0.592. The molecule has 1 saturated carbocycles. The Bertz CT molecular complexity index is 139. The molecule has 0 saturated heterocycles. The van der Waals surface area contributed by atoms with Crippen molar-refractivity contribution in [1.82, 2.24) is 4.90 Å². The molecule has 2 nitrogen and oxygen atoms in total. The van der Waals surface area contributed by atoms with Crippen LogP contribution in [0.25, 0.3) is 0 Å². The molecule has 1 amide bonds. The Balaban J connectivity index is 2.30. The Labute approximate surface area is 74.9 Å². The van der Waals surface area contributed by atoms with Crippen molar-refractivity contribution in [3.63, 3.8) is 0 Å². The van der Waals surface area contributed by atoms with Crippen LogP contribution in [-0.2, 0) is 4.79 Å². The minimum absolute atomic E-state index is 0.519. The van der Waals surface area contributed by atoms with E-state index in [0.717, 1.165) is 12.3 Å². The smallest absolute Gasteiger partial charge is 0.209 e. The number of carbonyl (C=O) groups is 1. The van der Waals surface area contributed by atoms with Gasteiger partial charge in [0, 0.05) is 13.1 Å². The van der Waals surface area contributed by atoms with Crippen molar-refractivity contribution < 1.29 is 4.79 Å². The summed E-state index contributed by atoms with van der Waals surface area (Å²) < 4.78 is 0. The molecule has 0 radical (unpaired) electrons. The van der Waals surface area contributed by atoms with Crippen molar-refractivity contribution in [2.24, 2.45) is 5.92 Å². The minimum Gasteiger partial charge on any atom is -0.345 e. The van der Waals surface area contributed by atoms with Gasteiger partial charge in [-0.3, -0.25) is 4.79 Å². The van der Waals surface area contributed by atoms with Crippen molar-refractivity contribution >= 4 is 6.41 Å². The Morgan fingerprint density at radius 3 is 2.33 bits per heavy atom. The molecule has 0 aliphatic heterocycles. The van der Waals surface area contributed by atoms with E-state index in [2.05, 4.69) is 6.92 Å². The van der Waals surface area contributed by atoms with Gasteiger partial charge in [0.2, 0.25) is 6.41 Å². The van der Waals surface area contributed by atoms with Gasteiger partial charge in [0.05, 0.1) is 0 Å². The van der Waals surface area contributed by atoms with Crippen molar-refractivity contribution in [3.8, 4) is 0 Å². The third kappa shape index (κ3) is 2.23. The van der Waals surface area contributed by atoms with Gasteiger partial charge in [0.15, 0.2) is 0 Å². The first-order valence-electron chi connectivity index (χ1n) is 4.95. The van der Waals surface area contributed by atoms with Crippen molar-refractivity contribution in [2.45, 2.75) is 45.1 Å². The second kappa shape index (κ2) is 4.48. The van der Waals surface area contributed by atoms with Crippen LogP contribution in [0, 0.1) is 5.92 Å². The third-order valence-corrected chi connectivity index (χ3v) is 3.14. The van der Waals surface area contributed by atoms with E-state index in [4.69, 9.17) is 0 Å². The minimum atomic E-state index is 0.519. The number of carbonyl (C=O) groups excluding carboxylic acids is 1. The van der Waals surface area contributed by atoms with Crippen LogP contribution in [0.5, 0.6) is 0 Å². The molecule has 0 unspecified atom stereocenters. The van der Waals surface area contributed by atoms with E-state index in [1.54, 1.807) is 0 Å². The van der Waals surface area contributed by atoms with Crippen LogP contribution in [-0.4, -0.2) is 24.4 Å². The molecule has 1 aliphatic rings. The van der Waals surface area contributed by atoms with Crippen molar-refractivity contribution in [2.75, 3.05) is 7.05 Å². The summed E-state index contributed by atoms with van der Waals surface area (Å²) in [5, 5.41) is 0. The molecule has 0 aromatic heterocycles. The first-order valence-corrected chi connectivity index (χ1v) is 4.95.